The molecule has 0 saturated carbocycles. The first-order valence-electron chi connectivity index (χ1n) is 7.50. The number of rotatable bonds is 5. The van der Waals surface area contributed by atoms with Crippen LogP contribution in [0.4, 0.5) is 11.4 Å². The molecule has 3 aromatic rings. The third-order valence-electron chi connectivity index (χ3n) is 3.68. The van der Waals surface area contributed by atoms with Crippen LogP contribution in [0.3, 0.4) is 0 Å². The van der Waals surface area contributed by atoms with Crippen LogP contribution in [0.1, 0.15) is 21.5 Å². The highest BCUT2D eigenvalue weighted by Gasteiger charge is 2.13. The van der Waals surface area contributed by atoms with Crippen molar-refractivity contribution in [2.45, 2.75) is 13.5 Å². The summed E-state index contributed by atoms with van der Waals surface area (Å²) in [6, 6.07) is 11.7. The molecule has 1 amide bonds. The average molecular weight is 337 g/mol. The molecule has 2 aromatic carbocycles. The second-order valence-corrected chi connectivity index (χ2v) is 5.50. The van der Waals surface area contributed by atoms with Crippen LogP contribution in [0.15, 0.2) is 55.1 Å². The van der Waals surface area contributed by atoms with Gasteiger partial charge in [0.1, 0.15) is 12.7 Å². The maximum absolute atomic E-state index is 12.3. The van der Waals surface area contributed by atoms with Gasteiger partial charge in [-0.2, -0.15) is 5.10 Å². The minimum atomic E-state index is -0.467. The van der Waals surface area contributed by atoms with E-state index in [2.05, 4.69) is 15.4 Å². The molecule has 3 rings (SSSR count). The Kier molecular flexibility index (Phi) is 4.51. The number of nitrogens with one attached hydrogen (secondary N) is 1. The zero-order chi connectivity index (χ0) is 17.8. The van der Waals surface area contributed by atoms with Gasteiger partial charge in [0.2, 0.25) is 0 Å². The molecular weight excluding hydrogens is 322 g/mol. The number of carbonyl (C=O) groups is 1. The average Bonchev–Trinajstić information content (AvgIpc) is 3.09. The van der Waals surface area contributed by atoms with Crippen LogP contribution in [0.25, 0.3) is 0 Å². The number of carbonyl (C=O) groups excluding carboxylic acids is 1. The SMILES string of the molecule is Cc1cc(C(=O)Nc2ccc(Cn3cncn3)cc2)ccc1[N+](=O)[O-]. The Morgan fingerprint density at radius 2 is 2.00 bits per heavy atom. The molecule has 0 unspecified atom stereocenters. The number of anilines is 1. The van der Waals surface area contributed by atoms with Crippen molar-refractivity contribution in [1.29, 1.82) is 0 Å². The fourth-order valence-electron chi connectivity index (χ4n) is 2.40. The summed E-state index contributed by atoms with van der Waals surface area (Å²) in [5, 5.41) is 17.6. The van der Waals surface area contributed by atoms with E-state index in [0.29, 0.717) is 23.4 Å². The van der Waals surface area contributed by atoms with E-state index in [-0.39, 0.29) is 11.6 Å². The summed E-state index contributed by atoms with van der Waals surface area (Å²) in [6.45, 7) is 2.20. The van der Waals surface area contributed by atoms with Gasteiger partial charge in [-0.05, 0) is 36.8 Å². The second-order valence-electron chi connectivity index (χ2n) is 5.50. The highest BCUT2D eigenvalue weighted by molar-refractivity contribution is 6.04. The minimum absolute atomic E-state index is 0.00554. The predicted octanol–water partition coefficient (Wildman–Crippen LogP) is 2.80. The Balaban J connectivity index is 1.68. The van der Waals surface area contributed by atoms with Crippen molar-refractivity contribution in [3.63, 3.8) is 0 Å². The van der Waals surface area contributed by atoms with Gasteiger partial charge in [-0.1, -0.05) is 12.1 Å². The highest BCUT2D eigenvalue weighted by atomic mass is 16.6. The number of aromatic nitrogens is 3. The lowest BCUT2D eigenvalue weighted by Gasteiger charge is -2.07. The zero-order valence-electron chi connectivity index (χ0n) is 13.4. The summed E-state index contributed by atoms with van der Waals surface area (Å²) in [5.74, 6) is -0.318. The summed E-state index contributed by atoms with van der Waals surface area (Å²) in [5.41, 5.74) is 2.47. The zero-order valence-corrected chi connectivity index (χ0v) is 13.4. The van der Waals surface area contributed by atoms with E-state index in [9.17, 15) is 14.9 Å². The molecule has 0 aliphatic carbocycles. The Labute approximate surface area is 143 Å². The van der Waals surface area contributed by atoms with Crippen LogP contribution in [-0.4, -0.2) is 25.6 Å². The third kappa shape index (κ3) is 3.86. The number of hydrogen-bond donors (Lipinski definition) is 1. The summed E-state index contributed by atoms with van der Waals surface area (Å²) >= 11 is 0. The van der Waals surface area contributed by atoms with Crippen LogP contribution in [0, 0.1) is 17.0 Å². The fourth-order valence-corrected chi connectivity index (χ4v) is 2.40. The first-order chi connectivity index (χ1) is 12.0. The topological polar surface area (TPSA) is 103 Å². The molecule has 0 fully saturated rings. The first kappa shape index (κ1) is 16.3. The van der Waals surface area contributed by atoms with Crippen LogP contribution in [0.2, 0.25) is 0 Å². The first-order valence-corrected chi connectivity index (χ1v) is 7.50. The van der Waals surface area contributed by atoms with Crippen molar-refractivity contribution in [2.75, 3.05) is 5.32 Å². The Bertz CT molecular complexity index is 905. The highest BCUT2D eigenvalue weighted by Crippen LogP contribution is 2.20. The molecule has 25 heavy (non-hydrogen) atoms. The van der Waals surface area contributed by atoms with Gasteiger partial charge in [-0.15, -0.1) is 0 Å². The van der Waals surface area contributed by atoms with E-state index >= 15 is 0 Å². The molecule has 0 atom stereocenters. The molecule has 8 heteroatoms. The summed E-state index contributed by atoms with van der Waals surface area (Å²) < 4.78 is 1.70. The molecular formula is C17H15N5O3. The van der Waals surface area contributed by atoms with Gasteiger partial charge in [0, 0.05) is 22.9 Å². The van der Waals surface area contributed by atoms with Crippen molar-refractivity contribution in [3.8, 4) is 0 Å². The van der Waals surface area contributed by atoms with E-state index in [1.54, 1.807) is 30.1 Å². The number of nitro benzene ring substituents is 1. The van der Waals surface area contributed by atoms with Gasteiger partial charge in [0.15, 0.2) is 0 Å². The van der Waals surface area contributed by atoms with E-state index in [0.717, 1.165) is 5.56 Å². The van der Waals surface area contributed by atoms with E-state index in [4.69, 9.17) is 0 Å². The van der Waals surface area contributed by atoms with E-state index in [1.807, 2.05) is 12.1 Å². The number of nitro groups is 1. The molecule has 0 bridgehead atoms. The monoisotopic (exact) mass is 337 g/mol. The van der Waals surface area contributed by atoms with Gasteiger partial charge >= 0.3 is 0 Å². The van der Waals surface area contributed by atoms with Crippen LogP contribution >= 0.6 is 0 Å². The molecule has 1 N–H and O–H groups in total. The molecule has 0 saturated heterocycles. The summed E-state index contributed by atoms with van der Waals surface area (Å²) in [6.07, 6.45) is 3.10. The standard InChI is InChI=1S/C17H15N5O3/c1-12-8-14(4-7-16(12)22(24)25)17(23)20-15-5-2-13(3-6-15)9-21-11-18-10-19-21/h2-8,10-11H,9H2,1H3,(H,20,23). The maximum Gasteiger partial charge on any atom is 0.272 e. The Morgan fingerprint density at radius 1 is 1.24 bits per heavy atom. The molecule has 0 spiro atoms. The molecule has 126 valence electrons. The van der Waals surface area contributed by atoms with Gasteiger partial charge < -0.3 is 5.32 Å². The van der Waals surface area contributed by atoms with Gasteiger partial charge in [-0.25, -0.2) is 9.67 Å². The molecule has 1 aromatic heterocycles. The van der Waals surface area contributed by atoms with E-state index < -0.39 is 4.92 Å². The number of amides is 1. The number of nitrogens with zero attached hydrogens (tertiary/aromatic N) is 4. The van der Waals surface area contributed by atoms with Gasteiger partial charge in [0.05, 0.1) is 11.5 Å². The number of benzene rings is 2. The van der Waals surface area contributed by atoms with E-state index in [1.165, 1.54) is 24.5 Å². The molecule has 8 nitrogen and oxygen atoms in total. The number of aryl methyl sites for hydroxylation is 1. The van der Waals surface area contributed by atoms with Crippen LogP contribution in [-0.2, 0) is 6.54 Å². The summed E-state index contributed by atoms with van der Waals surface area (Å²) in [4.78, 5) is 26.5. The van der Waals surface area contributed by atoms with Crippen molar-refractivity contribution >= 4 is 17.3 Å². The maximum atomic E-state index is 12.3. The van der Waals surface area contributed by atoms with Crippen LogP contribution < -0.4 is 5.32 Å². The molecule has 1 heterocycles. The minimum Gasteiger partial charge on any atom is -0.322 e. The third-order valence-corrected chi connectivity index (χ3v) is 3.68. The summed E-state index contributed by atoms with van der Waals surface area (Å²) in [7, 11) is 0. The van der Waals surface area contributed by atoms with Crippen molar-refractivity contribution in [2.24, 2.45) is 0 Å². The molecule has 0 aliphatic heterocycles. The van der Waals surface area contributed by atoms with Crippen molar-refractivity contribution < 1.29 is 9.72 Å². The second kappa shape index (κ2) is 6.91. The smallest absolute Gasteiger partial charge is 0.272 e. The Hall–Kier alpha value is -3.55. The molecule has 0 aliphatic rings. The lowest BCUT2D eigenvalue weighted by Crippen LogP contribution is -2.12. The van der Waals surface area contributed by atoms with Crippen molar-refractivity contribution in [1.82, 2.24) is 14.8 Å². The molecule has 0 radical (unpaired) electrons. The quantitative estimate of drug-likeness (QED) is 0.569. The van der Waals surface area contributed by atoms with Gasteiger partial charge in [0.25, 0.3) is 11.6 Å². The number of hydrogen-bond acceptors (Lipinski definition) is 5. The van der Waals surface area contributed by atoms with Crippen LogP contribution in [0.5, 0.6) is 0 Å². The predicted molar refractivity (Wildman–Crippen MR) is 91.4 cm³/mol. The Morgan fingerprint density at radius 3 is 2.60 bits per heavy atom. The largest absolute Gasteiger partial charge is 0.322 e. The lowest BCUT2D eigenvalue weighted by atomic mass is 10.1. The normalized spacial score (nSPS) is 10.4. The van der Waals surface area contributed by atoms with Gasteiger partial charge in [-0.3, -0.25) is 14.9 Å². The van der Waals surface area contributed by atoms with Crippen molar-refractivity contribution in [3.05, 3.63) is 81.9 Å². The lowest BCUT2D eigenvalue weighted by molar-refractivity contribution is -0.385. The fraction of sp³-hybridized carbons (Fsp3) is 0.118.